The van der Waals surface area contributed by atoms with E-state index >= 15 is 0 Å². The molecule has 5 rings (SSSR count). The minimum atomic E-state index is -1.06. The van der Waals surface area contributed by atoms with Crippen LogP contribution in [0.2, 0.25) is 0 Å². The number of nitrogens with one attached hydrogen (secondary N) is 1. The van der Waals surface area contributed by atoms with E-state index < -0.39 is 35.6 Å². The van der Waals surface area contributed by atoms with E-state index in [-0.39, 0.29) is 53.8 Å². The molecule has 0 unspecified atom stereocenters. The lowest BCUT2D eigenvalue weighted by atomic mass is 10.0. The summed E-state index contributed by atoms with van der Waals surface area (Å²) in [5.74, 6) is -2.99. The number of benzene rings is 3. The molecule has 206 valence electrons. The number of carbonyl (C=O) groups excluding carboxylic acids is 4. The number of carbonyl (C=O) groups is 4. The van der Waals surface area contributed by atoms with E-state index in [4.69, 9.17) is 14.2 Å². The summed E-state index contributed by atoms with van der Waals surface area (Å²) in [5.41, 5.74) is 1.32. The summed E-state index contributed by atoms with van der Waals surface area (Å²) in [6.07, 6.45) is -0.461. The molecule has 1 saturated heterocycles. The average Bonchev–Trinajstić information content (AvgIpc) is 3.27. The Labute approximate surface area is 227 Å². The smallest absolute Gasteiger partial charge is 0.418 e. The van der Waals surface area contributed by atoms with Crippen molar-refractivity contribution in [1.82, 2.24) is 10.2 Å². The second kappa shape index (κ2) is 10.6. The standard InChI is InChI=1S/C28H23F2N3O7/c1-38-25-21(10-3-15-14-32(27(36)24(15)25)22-11-12-23(34)31-26(22)35)33(28(37)39-2)16-4-6-17(7-5-16)40-18-8-9-19(29)20(30)13-18/h3-10,13,22H,11-12,14H2,1-2H3,(H,31,34,35)/t22-/m1/s1. The van der Waals surface area contributed by atoms with Crippen LogP contribution in [0, 0.1) is 11.6 Å². The fourth-order valence-corrected chi connectivity index (χ4v) is 4.77. The maximum Gasteiger partial charge on any atom is 0.418 e. The monoisotopic (exact) mass is 551 g/mol. The van der Waals surface area contributed by atoms with Gasteiger partial charge in [-0.1, -0.05) is 6.07 Å². The van der Waals surface area contributed by atoms with Crippen molar-refractivity contribution in [2.24, 2.45) is 0 Å². The highest BCUT2D eigenvalue weighted by Crippen LogP contribution is 2.43. The second-order valence-corrected chi connectivity index (χ2v) is 9.03. The van der Waals surface area contributed by atoms with Gasteiger partial charge in [0.2, 0.25) is 11.8 Å². The normalized spacial score (nSPS) is 16.4. The van der Waals surface area contributed by atoms with Gasteiger partial charge in [0.1, 0.15) is 17.5 Å². The van der Waals surface area contributed by atoms with Crippen LogP contribution in [0.1, 0.15) is 28.8 Å². The minimum Gasteiger partial charge on any atom is -0.494 e. The largest absolute Gasteiger partial charge is 0.494 e. The number of ether oxygens (including phenoxy) is 3. The van der Waals surface area contributed by atoms with E-state index in [1.54, 1.807) is 12.1 Å². The zero-order valence-electron chi connectivity index (χ0n) is 21.4. The molecule has 40 heavy (non-hydrogen) atoms. The molecule has 0 aromatic heterocycles. The summed E-state index contributed by atoms with van der Waals surface area (Å²) >= 11 is 0. The number of fused-ring (bicyclic) bond motifs is 1. The van der Waals surface area contributed by atoms with Crippen LogP contribution >= 0.6 is 0 Å². The summed E-state index contributed by atoms with van der Waals surface area (Å²) < 4.78 is 43.0. The molecule has 0 spiro atoms. The number of rotatable bonds is 6. The van der Waals surface area contributed by atoms with Crippen molar-refractivity contribution in [2.45, 2.75) is 25.4 Å². The zero-order valence-corrected chi connectivity index (χ0v) is 21.4. The molecular formula is C28H23F2N3O7. The highest BCUT2D eigenvalue weighted by atomic mass is 19.2. The number of methoxy groups -OCH3 is 2. The lowest BCUT2D eigenvalue weighted by molar-refractivity contribution is -0.136. The summed E-state index contributed by atoms with van der Waals surface area (Å²) in [5, 5.41) is 2.26. The Morgan fingerprint density at radius 1 is 0.975 bits per heavy atom. The molecule has 1 fully saturated rings. The van der Waals surface area contributed by atoms with E-state index in [9.17, 15) is 28.0 Å². The first-order valence-electron chi connectivity index (χ1n) is 12.2. The van der Waals surface area contributed by atoms with Crippen LogP contribution in [0.25, 0.3) is 0 Å². The topological polar surface area (TPSA) is 114 Å². The van der Waals surface area contributed by atoms with Crippen molar-refractivity contribution in [2.75, 3.05) is 19.1 Å². The van der Waals surface area contributed by atoms with Crippen LogP contribution in [0.5, 0.6) is 17.2 Å². The molecule has 10 nitrogen and oxygen atoms in total. The zero-order chi connectivity index (χ0) is 28.6. The van der Waals surface area contributed by atoms with Gasteiger partial charge in [0.15, 0.2) is 17.4 Å². The molecule has 2 aliphatic heterocycles. The Bertz CT molecular complexity index is 1530. The Kier molecular flexibility index (Phi) is 7.07. The molecule has 3 aromatic carbocycles. The van der Waals surface area contributed by atoms with Gasteiger partial charge in [-0.25, -0.2) is 18.5 Å². The maximum atomic E-state index is 13.5. The van der Waals surface area contributed by atoms with Crippen LogP contribution in [0.4, 0.5) is 25.0 Å². The van der Waals surface area contributed by atoms with Crippen molar-refractivity contribution in [3.05, 3.63) is 77.4 Å². The number of hydrogen-bond acceptors (Lipinski definition) is 7. The van der Waals surface area contributed by atoms with Gasteiger partial charge in [0.25, 0.3) is 5.91 Å². The number of amides is 4. The third kappa shape index (κ3) is 4.79. The van der Waals surface area contributed by atoms with Crippen molar-refractivity contribution < 1.29 is 42.2 Å². The highest BCUT2D eigenvalue weighted by molar-refractivity contribution is 6.09. The average molecular weight is 552 g/mol. The van der Waals surface area contributed by atoms with E-state index in [2.05, 4.69) is 5.32 Å². The summed E-state index contributed by atoms with van der Waals surface area (Å²) in [6, 6.07) is 11.7. The summed E-state index contributed by atoms with van der Waals surface area (Å²) in [7, 11) is 2.56. The summed E-state index contributed by atoms with van der Waals surface area (Å²) in [6.45, 7) is 0.130. The number of halogens is 2. The Morgan fingerprint density at radius 2 is 1.70 bits per heavy atom. The Morgan fingerprint density at radius 3 is 2.35 bits per heavy atom. The number of imide groups is 1. The molecule has 4 amide bonds. The molecule has 1 N–H and O–H groups in total. The predicted octanol–water partition coefficient (Wildman–Crippen LogP) is 4.43. The van der Waals surface area contributed by atoms with Crippen LogP contribution in [-0.4, -0.2) is 49.0 Å². The number of anilines is 2. The minimum absolute atomic E-state index is 0.0795. The lowest BCUT2D eigenvalue weighted by Crippen LogP contribution is -2.52. The Hall–Kier alpha value is -5.00. The van der Waals surface area contributed by atoms with Crippen molar-refractivity contribution >= 4 is 35.2 Å². The molecule has 0 bridgehead atoms. The van der Waals surface area contributed by atoms with Gasteiger partial charge in [0, 0.05) is 19.0 Å². The fourth-order valence-electron chi connectivity index (χ4n) is 4.77. The first kappa shape index (κ1) is 26.6. The molecule has 0 aliphatic carbocycles. The van der Waals surface area contributed by atoms with Crippen LogP contribution < -0.4 is 19.7 Å². The SMILES string of the molecule is COC(=O)N(c1ccc(Oc2ccc(F)c(F)c2)cc1)c1ccc2c(c1OC)C(=O)N([C@@H]1CCC(=O)NC1=O)C2. The van der Waals surface area contributed by atoms with Crippen LogP contribution in [0.3, 0.4) is 0 Å². The predicted molar refractivity (Wildman–Crippen MR) is 136 cm³/mol. The van der Waals surface area contributed by atoms with E-state index in [1.807, 2.05) is 0 Å². The van der Waals surface area contributed by atoms with Gasteiger partial charge in [-0.15, -0.1) is 0 Å². The quantitative estimate of drug-likeness (QED) is 0.451. The van der Waals surface area contributed by atoms with Crippen molar-refractivity contribution in [3.63, 3.8) is 0 Å². The molecule has 1 atom stereocenters. The molecule has 12 heteroatoms. The molecule has 2 heterocycles. The van der Waals surface area contributed by atoms with Gasteiger partial charge in [-0.2, -0.15) is 0 Å². The fraction of sp³-hybridized carbons (Fsp3) is 0.214. The number of nitrogens with zero attached hydrogens (tertiary/aromatic N) is 2. The van der Waals surface area contributed by atoms with Gasteiger partial charge in [-0.3, -0.25) is 19.7 Å². The first-order chi connectivity index (χ1) is 19.2. The molecule has 3 aromatic rings. The molecular weight excluding hydrogens is 528 g/mol. The van der Waals surface area contributed by atoms with Gasteiger partial charge in [-0.05, 0) is 54.4 Å². The lowest BCUT2D eigenvalue weighted by Gasteiger charge is -2.29. The number of hydrogen-bond donors (Lipinski definition) is 1. The third-order valence-corrected chi connectivity index (χ3v) is 6.65. The molecule has 0 saturated carbocycles. The van der Waals surface area contributed by atoms with E-state index in [0.717, 1.165) is 12.1 Å². The van der Waals surface area contributed by atoms with Crippen LogP contribution in [0.15, 0.2) is 54.6 Å². The van der Waals surface area contributed by atoms with Crippen molar-refractivity contribution in [3.8, 4) is 17.2 Å². The van der Waals surface area contributed by atoms with E-state index in [0.29, 0.717) is 11.3 Å². The first-order valence-corrected chi connectivity index (χ1v) is 12.2. The van der Waals surface area contributed by atoms with Crippen LogP contribution in [-0.2, 0) is 20.9 Å². The van der Waals surface area contributed by atoms with Gasteiger partial charge < -0.3 is 19.1 Å². The van der Waals surface area contributed by atoms with Gasteiger partial charge in [0.05, 0.1) is 31.2 Å². The second-order valence-electron chi connectivity index (χ2n) is 9.03. The van der Waals surface area contributed by atoms with Crippen molar-refractivity contribution in [1.29, 1.82) is 0 Å². The highest BCUT2D eigenvalue weighted by Gasteiger charge is 2.42. The Balaban J connectivity index is 1.46. The van der Waals surface area contributed by atoms with E-state index in [1.165, 1.54) is 54.4 Å². The summed E-state index contributed by atoms with van der Waals surface area (Å²) in [4.78, 5) is 53.0. The number of piperidine rings is 1. The van der Waals surface area contributed by atoms with Gasteiger partial charge >= 0.3 is 6.09 Å². The molecule has 2 aliphatic rings. The maximum absolute atomic E-state index is 13.5. The third-order valence-electron chi connectivity index (χ3n) is 6.65. The molecule has 0 radical (unpaired) electrons.